The van der Waals surface area contributed by atoms with Crippen LogP contribution in [0.15, 0.2) is 30.6 Å². The largest absolute Gasteiger partial charge is 0.340 e. The van der Waals surface area contributed by atoms with E-state index in [-0.39, 0.29) is 30.4 Å². The molecule has 22 heavy (non-hydrogen) atoms. The third-order valence-electron chi connectivity index (χ3n) is 3.87. The summed E-state index contributed by atoms with van der Waals surface area (Å²) in [5.41, 5.74) is 10.1. The van der Waals surface area contributed by atoms with E-state index in [1.54, 1.807) is 6.20 Å². The molecule has 2 heterocycles. The summed E-state index contributed by atoms with van der Waals surface area (Å²) >= 11 is 0. The van der Waals surface area contributed by atoms with Crippen LogP contribution in [0.2, 0.25) is 0 Å². The van der Waals surface area contributed by atoms with E-state index >= 15 is 0 Å². The lowest BCUT2D eigenvalue weighted by atomic mass is 10.0. The normalized spacial score (nSPS) is 11.1. The van der Waals surface area contributed by atoms with Crippen LogP contribution >= 0.6 is 24.8 Å². The molecule has 3 N–H and O–H groups in total. The maximum atomic E-state index is 5.92. The standard InChI is InChI=1S/C15H19N5.2ClH/c1-10-8-20(15(2,3)9-16)14-6-11(4-5-12(10)14)13-7-17-19-18-13;;/h4-8H,9,16H2,1-3H3,(H,17,18,19);2*1H. The highest BCUT2D eigenvalue weighted by Crippen LogP contribution is 2.30. The summed E-state index contributed by atoms with van der Waals surface area (Å²) in [6.07, 6.45) is 3.97. The average molecular weight is 342 g/mol. The van der Waals surface area contributed by atoms with Crippen LogP contribution in [0.25, 0.3) is 22.2 Å². The predicted octanol–water partition coefficient (Wildman–Crippen LogP) is 3.27. The fourth-order valence-corrected chi connectivity index (χ4v) is 2.50. The molecule has 0 aliphatic carbocycles. The first-order valence-corrected chi connectivity index (χ1v) is 6.72. The topological polar surface area (TPSA) is 72.5 Å². The van der Waals surface area contributed by atoms with E-state index in [1.807, 2.05) is 0 Å². The van der Waals surface area contributed by atoms with Gasteiger partial charge in [-0.25, -0.2) is 0 Å². The van der Waals surface area contributed by atoms with E-state index in [2.05, 4.69) is 65.1 Å². The van der Waals surface area contributed by atoms with Gasteiger partial charge in [-0.05, 0) is 32.4 Å². The molecule has 0 radical (unpaired) electrons. The number of rotatable bonds is 3. The van der Waals surface area contributed by atoms with Gasteiger partial charge in [-0.1, -0.05) is 17.3 Å². The molecular formula is C15H21Cl2N5. The van der Waals surface area contributed by atoms with Crippen LogP contribution in [-0.2, 0) is 5.54 Å². The van der Waals surface area contributed by atoms with Crippen molar-refractivity contribution in [2.45, 2.75) is 26.3 Å². The predicted molar refractivity (Wildman–Crippen MR) is 94.9 cm³/mol. The number of aryl methyl sites for hydroxylation is 1. The first-order chi connectivity index (χ1) is 9.53. The Morgan fingerprint density at radius 3 is 2.59 bits per heavy atom. The lowest BCUT2D eigenvalue weighted by Crippen LogP contribution is -2.34. The SMILES string of the molecule is Cc1cn(C(C)(C)CN)c2cc(-c3c[nH]nn3)ccc12.Cl.Cl. The minimum Gasteiger partial charge on any atom is -0.340 e. The van der Waals surface area contributed by atoms with Crippen LogP contribution in [0.3, 0.4) is 0 Å². The van der Waals surface area contributed by atoms with Crippen molar-refractivity contribution >= 4 is 35.7 Å². The van der Waals surface area contributed by atoms with Gasteiger partial charge in [0, 0.05) is 35.4 Å². The molecular weight excluding hydrogens is 321 g/mol. The maximum absolute atomic E-state index is 5.92. The van der Waals surface area contributed by atoms with Crippen molar-refractivity contribution in [2.75, 3.05) is 6.54 Å². The Morgan fingerprint density at radius 2 is 2.00 bits per heavy atom. The van der Waals surface area contributed by atoms with Crippen LogP contribution < -0.4 is 5.73 Å². The zero-order valence-corrected chi connectivity index (χ0v) is 14.5. The van der Waals surface area contributed by atoms with E-state index in [4.69, 9.17) is 5.73 Å². The average Bonchev–Trinajstić information content (AvgIpc) is 3.07. The van der Waals surface area contributed by atoms with Gasteiger partial charge in [-0.2, -0.15) is 0 Å². The number of halogens is 2. The second-order valence-electron chi connectivity index (χ2n) is 5.79. The first kappa shape index (κ1) is 18.5. The van der Waals surface area contributed by atoms with E-state index in [9.17, 15) is 0 Å². The molecule has 0 saturated carbocycles. The number of nitrogens with one attached hydrogen (secondary N) is 1. The Hall–Kier alpha value is -1.56. The number of benzene rings is 1. The highest BCUT2D eigenvalue weighted by molar-refractivity contribution is 5.88. The Morgan fingerprint density at radius 1 is 1.27 bits per heavy atom. The molecule has 120 valence electrons. The fraction of sp³-hybridized carbons (Fsp3) is 0.333. The van der Waals surface area contributed by atoms with Crippen molar-refractivity contribution in [1.82, 2.24) is 20.0 Å². The third-order valence-corrected chi connectivity index (χ3v) is 3.87. The molecule has 2 aromatic heterocycles. The number of nitrogens with zero attached hydrogens (tertiary/aromatic N) is 3. The molecule has 0 unspecified atom stereocenters. The molecule has 0 aliphatic rings. The smallest absolute Gasteiger partial charge is 0.112 e. The van der Waals surface area contributed by atoms with Crippen molar-refractivity contribution in [2.24, 2.45) is 5.73 Å². The summed E-state index contributed by atoms with van der Waals surface area (Å²) in [6.45, 7) is 7.01. The molecule has 0 bridgehead atoms. The molecule has 0 aliphatic heterocycles. The van der Waals surface area contributed by atoms with E-state index in [0.717, 1.165) is 11.3 Å². The first-order valence-electron chi connectivity index (χ1n) is 6.72. The van der Waals surface area contributed by atoms with Crippen LogP contribution in [0.5, 0.6) is 0 Å². The van der Waals surface area contributed by atoms with Crippen molar-refractivity contribution in [3.05, 3.63) is 36.2 Å². The molecule has 5 nitrogen and oxygen atoms in total. The molecule has 0 spiro atoms. The lowest BCUT2D eigenvalue weighted by Gasteiger charge is -2.26. The minimum atomic E-state index is -0.116. The molecule has 0 saturated heterocycles. The van der Waals surface area contributed by atoms with Crippen LogP contribution in [0, 0.1) is 6.92 Å². The summed E-state index contributed by atoms with van der Waals surface area (Å²) in [5, 5.41) is 11.8. The number of hydrogen-bond acceptors (Lipinski definition) is 3. The zero-order valence-electron chi connectivity index (χ0n) is 12.8. The lowest BCUT2D eigenvalue weighted by molar-refractivity contribution is 0.379. The molecule has 0 amide bonds. The number of H-pyrrole nitrogens is 1. The second-order valence-corrected chi connectivity index (χ2v) is 5.79. The summed E-state index contributed by atoms with van der Waals surface area (Å²) in [4.78, 5) is 0. The van der Waals surface area contributed by atoms with Crippen molar-refractivity contribution in [1.29, 1.82) is 0 Å². The van der Waals surface area contributed by atoms with Gasteiger partial charge in [0.15, 0.2) is 0 Å². The van der Waals surface area contributed by atoms with Gasteiger partial charge < -0.3 is 10.3 Å². The minimum absolute atomic E-state index is 0. The third kappa shape index (κ3) is 2.97. The fourth-order valence-electron chi connectivity index (χ4n) is 2.50. The van der Waals surface area contributed by atoms with E-state index < -0.39 is 0 Å². The number of aromatic amines is 1. The Labute approximate surface area is 142 Å². The van der Waals surface area contributed by atoms with Gasteiger partial charge in [0.25, 0.3) is 0 Å². The van der Waals surface area contributed by atoms with Crippen molar-refractivity contribution in [3.63, 3.8) is 0 Å². The number of fused-ring (bicyclic) bond motifs is 1. The number of aromatic nitrogens is 4. The number of hydrogen-bond donors (Lipinski definition) is 2. The highest BCUT2D eigenvalue weighted by Gasteiger charge is 2.21. The Bertz CT molecular complexity index is 747. The number of nitrogens with two attached hydrogens (primary N) is 1. The summed E-state index contributed by atoms with van der Waals surface area (Å²) < 4.78 is 2.25. The van der Waals surface area contributed by atoms with Crippen LogP contribution in [0.1, 0.15) is 19.4 Å². The van der Waals surface area contributed by atoms with Gasteiger partial charge in [-0.15, -0.1) is 29.9 Å². The molecule has 3 aromatic rings. The maximum Gasteiger partial charge on any atom is 0.112 e. The van der Waals surface area contributed by atoms with Gasteiger partial charge in [0.05, 0.1) is 5.54 Å². The Balaban J connectivity index is 0.00000121. The molecule has 0 atom stereocenters. The zero-order chi connectivity index (χ0) is 14.3. The molecule has 1 aromatic carbocycles. The molecule has 0 fully saturated rings. The summed E-state index contributed by atoms with van der Waals surface area (Å²) in [7, 11) is 0. The van der Waals surface area contributed by atoms with Crippen LogP contribution in [-0.4, -0.2) is 26.5 Å². The summed E-state index contributed by atoms with van der Waals surface area (Å²) in [6, 6.07) is 6.36. The quantitative estimate of drug-likeness (QED) is 0.767. The van der Waals surface area contributed by atoms with Gasteiger partial charge in [0.2, 0.25) is 0 Å². The van der Waals surface area contributed by atoms with Crippen molar-refractivity contribution in [3.8, 4) is 11.3 Å². The molecule has 3 rings (SSSR count). The summed E-state index contributed by atoms with van der Waals surface area (Å²) in [5.74, 6) is 0. The van der Waals surface area contributed by atoms with E-state index in [0.29, 0.717) is 6.54 Å². The molecule has 7 heteroatoms. The van der Waals surface area contributed by atoms with Gasteiger partial charge >= 0.3 is 0 Å². The van der Waals surface area contributed by atoms with E-state index in [1.165, 1.54) is 16.5 Å². The van der Waals surface area contributed by atoms with Gasteiger partial charge in [-0.3, -0.25) is 5.10 Å². The monoisotopic (exact) mass is 341 g/mol. The second kappa shape index (κ2) is 6.69. The van der Waals surface area contributed by atoms with Crippen molar-refractivity contribution < 1.29 is 0 Å². The highest BCUT2D eigenvalue weighted by atomic mass is 35.5. The van der Waals surface area contributed by atoms with Gasteiger partial charge in [0.1, 0.15) is 5.69 Å². The Kier molecular flexibility index (Phi) is 5.62. The van der Waals surface area contributed by atoms with Crippen LogP contribution in [0.4, 0.5) is 0 Å².